The number of benzene rings is 1. The van der Waals surface area contributed by atoms with Gasteiger partial charge in [-0.2, -0.15) is 0 Å². The van der Waals surface area contributed by atoms with Crippen molar-refractivity contribution in [2.45, 2.75) is 26.4 Å². The second-order valence-electron chi connectivity index (χ2n) is 5.22. The Balaban J connectivity index is 1.88. The molecule has 0 fully saturated rings. The lowest BCUT2D eigenvalue weighted by Crippen LogP contribution is -2.40. The molecule has 0 aliphatic carbocycles. The van der Waals surface area contributed by atoms with E-state index in [0.29, 0.717) is 0 Å². The maximum absolute atomic E-state index is 4.35. The highest BCUT2D eigenvalue weighted by Gasteiger charge is 2.08. The van der Waals surface area contributed by atoms with E-state index in [9.17, 15) is 0 Å². The molecule has 0 unspecified atom stereocenters. The minimum Gasteiger partial charge on any atom is -0.354 e. The number of aromatic nitrogens is 3. The zero-order valence-corrected chi connectivity index (χ0v) is 15.4. The minimum atomic E-state index is 0.776. The van der Waals surface area contributed by atoms with Crippen molar-refractivity contribution in [2.24, 2.45) is 4.99 Å². The topological polar surface area (TPSA) is 58.3 Å². The normalized spacial score (nSPS) is 11.6. The fraction of sp³-hybridized carbons (Fsp3) is 0.438. The monoisotopic (exact) mass is 378 g/mol. The first-order valence-corrected chi connectivity index (χ1v) is 8.46. The van der Waals surface area contributed by atoms with Crippen LogP contribution in [0.1, 0.15) is 18.3 Å². The quantitative estimate of drug-likeness (QED) is 0.618. The molecule has 2 aromatic rings. The lowest BCUT2D eigenvalue weighted by molar-refractivity contribution is 0.471. The van der Waals surface area contributed by atoms with Crippen LogP contribution in [0.25, 0.3) is 0 Å². The SMILES string of the molecule is CCc1nncn1CCNC(=NC)N(C)Cc1ccccc1Br. The van der Waals surface area contributed by atoms with Crippen LogP contribution >= 0.6 is 15.9 Å². The molecule has 0 bridgehead atoms. The Hall–Kier alpha value is -1.89. The summed E-state index contributed by atoms with van der Waals surface area (Å²) in [6.07, 6.45) is 2.66. The van der Waals surface area contributed by atoms with Gasteiger partial charge in [0.05, 0.1) is 0 Å². The molecule has 7 heteroatoms. The Morgan fingerprint density at radius 1 is 1.39 bits per heavy atom. The van der Waals surface area contributed by atoms with Crippen molar-refractivity contribution in [2.75, 3.05) is 20.6 Å². The molecule has 0 atom stereocenters. The van der Waals surface area contributed by atoms with Gasteiger partial charge in [-0.15, -0.1) is 10.2 Å². The van der Waals surface area contributed by atoms with Crippen LogP contribution in [0.2, 0.25) is 0 Å². The fourth-order valence-electron chi connectivity index (χ4n) is 2.37. The maximum Gasteiger partial charge on any atom is 0.193 e. The molecule has 124 valence electrons. The zero-order chi connectivity index (χ0) is 16.7. The molecule has 0 aliphatic rings. The first-order chi connectivity index (χ1) is 11.2. The molecule has 0 amide bonds. The number of hydrogen-bond acceptors (Lipinski definition) is 3. The number of hydrogen-bond donors (Lipinski definition) is 1. The molecule has 0 radical (unpaired) electrons. The van der Waals surface area contributed by atoms with Gasteiger partial charge in [-0.05, 0) is 11.6 Å². The Labute approximate surface area is 145 Å². The molecular formula is C16H23BrN6. The van der Waals surface area contributed by atoms with Gasteiger partial charge in [0.25, 0.3) is 0 Å². The molecule has 0 saturated carbocycles. The van der Waals surface area contributed by atoms with Crippen LogP contribution in [0.15, 0.2) is 40.1 Å². The van der Waals surface area contributed by atoms with E-state index in [2.05, 4.69) is 65.0 Å². The first-order valence-electron chi connectivity index (χ1n) is 7.67. The molecule has 0 aliphatic heterocycles. The Morgan fingerprint density at radius 3 is 2.87 bits per heavy atom. The predicted molar refractivity (Wildman–Crippen MR) is 96.4 cm³/mol. The van der Waals surface area contributed by atoms with Crippen LogP contribution in [0.3, 0.4) is 0 Å². The van der Waals surface area contributed by atoms with Gasteiger partial charge in [0.15, 0.2) is 5.96 Å². The van der Waals surface area contributed by atoms with Gasteiger partial charge in [0.1, 0.15) is 12.2 Å². The number of guanidine groups is 1. The Kier molecular flexibility index (Phi) is 6.58. The summed E-state index contributed by atoms with van der Waals surface area (Å²) >= 11 is 3.59. The van der Waals surface area contributed by atoms with Crippen molar-refractivity contribution in [3.05, 3.63) is 46.5 Å². The number of halogens is 1. The van der Waals surface area contributed by atoms with E-state index in [1.54, 1.807) is 13.4 Å². The van der Waals surface area contributed by atoms with E-state index >= 15 is 0 Å². The van der Waals surface area contributed by atoms with Gasteiger partial charge >= 0.3 is 0 Å². The minimum absolute atomic E-state index is 0.776. The van der Waals surface area contributed by atoms with Gasteiger partial charge in [-0.1, -0.05) is 41.1 Å². The third kappa shape index (κ3) is 4.79. The van der Waals surface area contributed by atoms with Gasteiger partial charge in [0, 0.05) is 44.6 Å². The number of aliphatic imine (C=N–C) groups is 1. The van der Waals surface area contributed by atoms with Crippen molar-refractivity contribution in [1.82, 2.24) is 25.0 Å². The number of aryl methyl sites for hydroxylation is 1. The summed E-state index contributed by atoms with van der Waals surface area (Å²) in [5, 5.41) is 11.4. The highest BCUT2D eigenvalue weighted by atomic mass is 79.9. The zero-order valence-electron chi connectivity index (χ0n) is 13.8. The molecule has 2 rings (SSSR count). The molecule has 1 aromatic heterocycles. The van der Waals surface area contributed by atoms with Crippen LogP contribution in [0.4, 0.5) is 0 Å². The summed E-state index contributed by atoms with van der Waals surface area (Å²) in [5.74, 6) is 1.87. The molecule has 1 aromatic carbocycles. The lowest BCUT2D eigenvalue weighted by atomic mass is 10.2. The van der Waals surface area contributed by atoms with Crippen LogP contribution in [-0.2, 0) is 19.5 Å². The second-order valence-corrected chi connectivity index (χ2v) is 6.07. The van der Waals surface area contributed by atoms with Crippen molar-refractivity contribution in [3.8, 4) is 0 Å². The Morgan fingerprint density at radius 2 is 2.17 bits per heavy atom. The number of nitrogens with zero attached hydrogens (tertiary/aromatic N) is 5. The summed E-state index contributed by atoms with van der Waals surface area (Å²) in [7, 11) is 3.83. The lowest BCUT2D eigenvalue weighted by Gasteiger charge is -2.23. The molecule has 23 heavy (non-hydrogen) atoms. The Bertz CT molecular complexity index is 652. The summed E-state index contributed by atoms with van der Waals surface area (Å²) in [5.41, 5.74) is 1.23. The molecule has 0 saturated heterocycles. The third-order valence-corrected chi connectivity index (χ3v) is 4.36. The van der Waals surface area contributed by atoms with Gasteiger partial charge < -0.3 is 14.8 Å². The van der Waals surface area contributed by atoms with E-state index in [1.807, 2.05) is 19.2 Å². The highest BCUT2D eigenvalue weighted by Crippen LogP contribution is 2.17. The van der Waals surface area contributed by atoms with E-state index in [-0.39, 0.29) is 0 Å². The third-order valence-electron chi connectivity index (χ3n) is 3.59. The molecule has 0 spiro atoms. The van der Waals surface area contributed by atoms with Gasteiger partial charge in [-0.25, -0.2) is 0 Å². The van der Waals surface area contributed by atoms with Gasteiger partial charge in [-0.3, -0.25) is 4.99 Å². The van der Waals surface area contributed by atoms with Crippen molar-refractivity contribution >= 4 is 21.9 Å². The molecular weight excluding hydrogens is 356 g/mol. The fourth-order valence-corrected chi connectivity index (χ4v) is 2.78. The first kappa shape index (κ1) is 17.5. The van der Waals surface area contributed by atoms with Crippen molar-refractivity contribution in [3.63, 3.8) is 0 Å². The molecule has 1 heterocycles. The number of rotatable bonds is 6. The summed E-state index contributed by atoms with van der Waals surface area (Å²) in [4.78, 5) is 6.46. The van der Waals surface area contributed by atoms with Crippen molar-refractivity contribution < 1.29 is 0 Å². The smallest absolute Gasteiger partial charge is 0.193 e. The second kappa shape index (κ2) is 8.67. The highest BCUT2D eigenvalue weighted by molar-refractivity contribution is 9.10. The number of nitrogens with one attached hydrogen (secondary N) is 1. The van der Waals surface area contributed by atoms with E-state index in [0.717, 1.165) is 42.3 Å². The summed E-state index contributed by atoms with van der Waals surface area (Å²) in [6, 6.07) is 8.23. The predicted octanol–water partition coefficient (Wildman–Crippen LogP) is 2.31. The standard InChI is InChI=1S/C16H23BrN6/c1-4-15-21-20-12-23(15)10-9-19-16(18-2)22(3)11-13-7-5-6-8-14(13)17/h5-8,12H,4,9-11H2,1-3H3,(H,18,19). The summed E-state index contributed by atoms with van der Waals surface area (Å²) < 4.78 is 3.17. The molecule has 1 N–H and O–H groups in total. The van der Waals surface area contributed by atoms with Gasteiger partial charge in [0.2, 0.25) is 0 Å². The van der Waals surface area contributed by atoms with E-state index in [4.69, 9.17) is 0 Å². The van der Waals surface area contributed by atoms with E-state index < -0.39 is 0 Å². The van der Waals surface area contributed by atoms with Crippen LogP contribution in [-0.4, -0.2) is 46.3 Å². The van der Waals surface area contributed by atoms with Crippen LogP contribution in [0.5, 0.6) is 0 Å². The largest absolute Gasteiger partial charge is 0.354 e. The average molecular weight is 379 g/mol. The van der Waals surface area contributed by atoms with E-state index in [1.165, 1.54) is 5.56 Å². The van der Waals surface area contributed by atoms with Crippen LogP contribution < -0.4 is 5.32 Å². The maximum atomic E-state index is 4.35. The van der Waals surface area contributed by atoms with Crippen LogP contribution in [0, 0.1) is 0 Å². The summed E-state index contributed by atoms with van der Waals surface area (Å²) in [6.45, 7) is 4.46. The average Bonchev–Trinajstić information content (AvgIpc) is 3.01. The molecule has 6 nitrogen and oxygen atoms in total. The van der Waals surface area contributed by atoms with Crippen molar-refractivity contribution in [1.29, 1.82) is 0 Å².